The summed E-state index contributed by atoms with van der Waals surface area (Å²) in [6, 6.07) is 0.150. The van der Waals surface area contributed by atoms with Crippen LogP contribution in [-0.4, -0.2) is 31.7 Å². The number of esters is 1. The third-order valence-electron chi connectivity index (χ3n) is 3.73. The van der Waals surface area contributed by atoms with E-state index < -0.39 is 0 Å². The standard InChI is InChI=1S/C13H26N2O2/c1-9(2)12(13(16)17-3)15-11-7-5-4-6-10(11)8-14/h9-12,15H,4-8,14H2,1-3H3. The molecule has 0 radical (unpaired) electrons. The zero-order valence-corrected chi connectivity index (χ0v) is 11.2. The van der Waals surface area contributed by atoms with Crippen LogP contribution in [0.25, 0.3) is 0 Å². The lowest BCUT2D eigenvalue weighted by Crippen LogP contribution is -2.51. The van der Waals surface area contributed by atoms with Gasteiger partial charge in [0.1, 0.15) is 6.04 Å². The topological polar surface area (TPSA) is 64.3 Å². The molecule has 3 N–H and O–H groups in total. The number of methoxy groups -OCH3 is 1. The predicted molar refractivity (Wildman–Crippen MR) is 68.6 cm³/mol. The van der Waals surface area contributed by atoms with Crippen molar-refractivity contribution in [3.05, 3.63) is 0 Å². The van der Waals surface area contributed by atoms with Gasteiger partial charge in [0.15, 0.2) is 0 Å². The van der Waals surface area contributed by atoms with Crippen molar-refractivity contribution < 1.29 is 9.53 Å². The van der Waals surface area contributed by atoms with Crippen LogP contribution in [0.5, 0.6) is 0 Å². The number of hydrogen-bond donors (Lipinski definition) is 2. The van der Waals surface area contributed by atoms with Gasteiger partial charge in [-0.2, -0.15) is 0 Å². The minimum atomic E-state index is -0.211. The highest BCUT2D eigenvalue weighted by Crippen LogP contribution is 2.24. The van der Waals surface area contributed by atoms with Crippen molar-refractivity contribution >= 4 is 5.97 Å². The molecule has 0 aromatic rings. The lowest BCUT2D eigenvalue weighted by atomic mass is 9.83. The smallest absolute Gasteiger partial charge is 0.323 e. The van der Waals surface area contributed by atoms with E-state index in [4.69, 9.17) is 10.5 Å². The molecular weight excluding hydrogens is 216 g/mol. The van der Waals surface area contributed by atoms with E-state index in [1.165, 1.54) is 26.4 Å². The molecule has 3 atom stereocenters. The molecule has 0 aromatic carbocycles. The molecule has 0 heterocycles. The number of rotatable bonds is 5. The van der Waals surface area contributed by atoms with Crippen LogP contribution in [-0.2, 0) is 9.53 Å². The lowest BCUT2D eigenvalue weighted by Gasteiger charge is -2.35. The molecule has 1 aliphatic carbocycles. The SMILES string of the molecule is COC(=O)C(NC1CCCCC1CN)C(C)C. The fourth-order valence-corrected chi connectivity index (χ4v) is 2.60. The second-order valence-corrected chi connectivity index (χ2v) is 5.30. The summed E-state index contributed by atoms with van der Waals surface area (Å²) in [5, 5.41) is 3.45. The van der Waals surface area contributed by atoms with Crippen LogP contribution in [0.3, 0.4) is 0 Å². The van der Waals surface area contributed by atoms with Gasteiger partial charge < -0.3 is 15.8 Å². The van der Waals surface area contributed by atoms with Gasteiger partial charge in [0.25, 0.3) is 0 Å². The molecule has 1 saturated carbocycles. The molecule has 1 fully saturated rings. The van der Waals surface area contributed by atoms with E-state index >= 15 is 0 Å². The highest BCUT2D eigenvalue weighted by atomic mass is 16.5. The predicted octanol–water partition coefficient (Wildman–Crippen LogP) is 1.29. The minimum absolute atomic E-state index is 0.165. The second-order valence-electron chi connectivity index (χ2n) is 5.30. The van der Waals surface area contributed by atoms with E-state index in [-0.39, 0.29) is 17.9 Å². The molecule has 0 spiro atoms. The van der Waals surface area contributed by atoms with Crippen LogP contribution in [0.15, 0.2) is 0 Å². The summed E-state index contributed by atoms with van der Waals surface area (Å²) in [6.07, 6.45) is 4.76. The summed E-state index contributed by atoms with van der Waals surface area (Å²) < 4.78 is 4.85. The first-order valence-corrected chi connectivity index (χ1v) is 6.64. The molecular formula is C13H26N2O2. The normalized spacial score (nSPS) is 26.9. The molecule has 0 aliphatic heterocycles. The summed E-state index contributed by atoms with van der Waals surface area (Å²) in [5.74, 6) is 0.568. The average molecular weight is 242 g/mol. The van der Waals surface area contributed by atoms with Crippen LogP contribution in [0, 0.1) is 11.8 Å². The van der Waals surface area contributed by atoms with Crippen LogP contribution in [0.4, 0.5) is 0 Å². The van der Waals surface area contributed by atoms with Gasteiger partial charge in [-0.3, -0.25) is 4.79 Å². The van der Waals surface area contributed by atoms with Gasteiger partial charge in [-0.25, -0.2) is 0 Å². The first-order valence-electron chi connectivity index (χ1n) is 6.64. The van der Waals surface area contributed by atoms with Crippen molar-refractivity contribution in [2.24, 2.45) is 17.6 Å². The first kappa shape index (κ1) is 14.5. The molecule has 17 heavy (non-hydrogen) atoms. The Kier molecular flexibility index (Phi) is 5.92. The van der Waals surface area contributed by atoms with Gasteiger partial charge in [-0.1, -0.05) is 26.7 Å². The first-order chi connectivity index (χ1) is 8.10. The molecule has 1 aliphatic rings. The Bertz CT molecular complexity index is 244. The van der Waals surface area contributed by atoms with Crippen LogP contribution < -0.4 is 11.1 Å². The number of carbonyl (C=O) groups is 1. The quantitative estimate of drug-likeness (QED) is 0.713. The van der Waals surface area contributed by atoms with Crippen molar-refractivity contribution in [1.29, 1.82) is 0 Å². The average Bonchev–Trinajstić information content (AvgIpc) is 2.35. The summed E-state index contributed by atoms with van der Waals surface area (Å²) in [4.78, 5) is 11.7. The Balaban J connectivity index is 2.61. The maximum Gasteiger partial charge on any atom is 0.323 e. The van der Waals surface area contributed by atoms with Gasteiger partial charge in [-0.05, 0) is 31.2 Å². The molecule has 0 bridgehead atoms. The van der Waals surface area contributed by atoms with Crippen molar-refractivity contribution in [1.82, 2.24) is 5.32 Å². The monoisotopic (exact) mass is 242 g/mol. The summed E-state index contributed by atoms with van der Waals surface area (Å²) >= 11 is 0. The van der Waals surface area contributed by atoms with E-state index in [0.717, 1.165) is 6.42 Å². The molecule has 3 unspecified atom stereocenters. The number of nitrogens with two attached hydrogens (primary N) is 1. The van der Waals surface area contributed by atoms with Gasteiger partial charge in [-0.15, -0.1) is 0 Å². The zero-order valence-electron chi connectivity index (χ0n) is 11.2. The molecule has 0 saturated heterocycles. The highest BCUT2D eigenvalue weighted by Gasteiger charge is 2.30. The van der Waals surface area contributed by atoms with Gasteiger partial charge >= 0.3 is 5.97 Å². The summed E-state index contributed by atoms with van der Waals surface area (Å²) in [6.45, 7) is 4.77. The van der Waals surface area contributed by atoms with Gasteiger partial charge in [0.05, 0.1) is 7.11 Å². The molecule has 0 aromatic heterocycles. The maximum atomic E-state index is 11.7. The van der Waals surface area contributed by atoms with Crippen molar-refractivity contribution in [3.63, 3.8) is 0 Å². The summed E-state index contributed by atoms with van der Waals surface area (Å²) in [7, 11) is 1.45. The maximum absolute atomic E-state index is 11.7. The fraction of sp³-hybridized carbons (Fsp3) is 0.923. The van der Waals surface area contributed by atoms with E-state index in [0.29, 0.717) is 18.5 Å². The summed E-state index contributed by atoms with van der Waals surface area (Å²) in [5.41, 5.74) is 5.80. The van der Waals surface area contributed by atoms with Crippen LogP contribution in [0.1, 0.15) is 39.5 Å². The van der Waals surface area contributed by atoms with Crippen molar-refractivity contribution in [2.75, 3.05) is 13.7 Å². The third kappa shape index (κ3) is 3.96. The molecule has 1 rings (SSSR count). The number of hydrogen-bond acceptors (Lipinski definition) is 4. The van der Waals surface area contributed by atoms with E-state index in [9.17, 15) is 4.79 Å². The van der Waals surface area contributed by atoms with Crippen molar-refractivity contribution in [3.8, 4) is 0 Å². The number of nitrogens with one attached hydrogen (secondary N) is 1. The number of ether oxygens (including phenoxy) is 1. The van der Waals surface area contributed by atoms with Crippen molar-refractivity contribution in [2.45, 2.75) is 51.6 Å². The largest absolute Gasteiger partial charge is 0.468 e. The van der Waals surface area contributed by atoms with Gasteiger partial charge in [0.2, 0.25) is 0 Å². The Morgan fingerprint density at radius 2 is 2.06 bits per heavy atom. The highest BCUT2D eigenvalue weighted by molar-refractivity contribution is 5.75. The van der Waals surface area contributed by atoms with E-state index in [1.54, 1.807) is 0 Å². The Hall–Kier alpha value is -0.610. The van der Waals surface area contributed by atoms with Crippen LogP contribution >= 0.6 is 0 Å². The number of carbonyl (C=O) groups excluding carboxylic acids is 1. The zero-order chi connectivity index (χ0) is 12.8. The van der Waals surface area contributed by atoms with Crippen LogP contribution in [0.2, 0.25) is 0 Å². The molecule has 4 nitrogen and oxygen atoms in total. The second kappa shape index (κ2) is 6.97. The Labute approximate surface area is 104 Å². The lowest BCUT2D eigenvalue weighted by molar-refractivity contribution is -0.144. The molecule has 4 heteroatoms. The van der Waals surface area contributed by atoms with Gasteiger partial charge in [0, 0.05) is 6.04 Å². The minimum Gasteiger partial charge on any atom is -0.468 e. The van der Waals surface area contributed by atoms with E-state index in [1.807, 2.05) is 13.8 Å². The molecule has 0 amide bonds. The molecule has 100 valence electrons. The Morgan fingerprint density at radius 1 is 1.41 bits per heavy atom. The fourth-order valence-electron chi connectivity index (χ4n) is 2.60. The Morgan fingerprint density at radius 3 is 2.59 bits per heavy atom. The van der Waals surface area contributed by atoms with E-state index in [2.05, 4.69) is 5.32 Å². The third-order valence-corrected chi connectivity index (χ3v) is 3.73.